The Hall–Kier alpha value is -3.75. The molecule has 154 valence electrons. The molecule has 7 nitrogen and oxygen atoms in total. The summed E-state index contributed by atoms with van der Waals surface area (Å²) < 4.78 is 37.0. The second-order valence-electron chi connectivity index (χ2n) is 6.61. The molecule has 0 spiro atoms. The topological polar surface area (TPSA) is 90.7 Å². The first-order valence-electron chi connectivity index (χ1n) is 8.99. The lowest BCUT2D eigenvalue weighted by molar-refractivity contribution is -0.0513. The lowest BCUT2D eigenvalue weighted by Crippen LogP contribution is -2.21. The summed E-state index contributed by atoms with van der Waals surface area (Å²) in [6.07, 6.45) is 2.08. The van der Waals surface area contributed by atoms with Crippen molar-refractivity contribution in [2.24, 2.45) is 0 Å². The van der Waals surface area contributed by atoms with Gasteiger partial charge in [0, 0.05) is 12.1 Å². The van der Waals surface area contributed by atoms with E-state index >= 15 is 0 Å². The Morgan fingerprint density at radius 1 is 1.30 bits per heavy atom. The molecular weight excluding hydrogens is 398 g/mol. The molecule has 1 N–H and O–H groups in total. The van der Waals surface area contributed by atoms with Gasteiger partial charge in [0.05, 0.1) is 23.6 Å². The van der Waals surface area contributed by atoms with Crippen LogP contribution in [-0.4, -0.2) is 34.3 Å². The number of aromatic carboxylic acids is 1. The monoisotopic (exact) mass is 414 g/mol. The summed E-state index contributed by atoms with van der Waals surface area (Å²) in [5, 5.41) is 9.51. The van der Waals surface area contributed by atoms with Gasteiger partial charge < -0.3 is 14.6 Å². The van der Waals surface area contributed by atoms with Crippen LogP contribution in [0.1, 0.15) is 28.2 Å². The molecule has 4 rings (SSSR count). The summed E-state index contributed by atoms with van der Waals surface area (Å²) in [4.78, 5) is 28.5. The Bertz CT molecular complexity index is 1250. The zero-order valence-corrected chi connectivity index (χ0v) is 15.8. The van der Waals surface area contributed by atoms with Crippen molar-refractivity contribution in [3.63, 3.8) is 0 Å². The molecule has 1 aliphatic heterocycles. The first-order valence-corrected chi connectivity index (χ1v) is 8.99. The molecule has 0 saturated heterocycles. The molecule has 1 aromatic heterocycles. The van der Waals surface area contributed by atoms with Crippen molar-refractivity contribution in [1.82, 2.24) is 9.55 Å². The molecule has 0 bridgehead atoms. The molecule has 1 aliphatic rings. The number of rotatable bonds is 5. The van der Waals surface area contributed by atoms with Gasteiger partial charge in [-0.3, -0.25) is 9.36 Å². The number of fused-ring (bicyclic) bond motifs is 2. The van der Waals surface area contributed by atoms with Gasteiger partial charge in [0.25, 0.3) is 5.56 Å². The highest BCUT2D eigenvalue weighted by Gasteiger charge is 2.23. The number of halogens is 2. The number of alkyl halides is 2. The summed E-state index contributed by atoms with van der Waals surface area (Å²) in [6, 6.07) is 8.88. The van der Waals surface area contributed by atoms with Crippen molar-refractivity contribution in [2.75, 3.05) is 7.11 Å². The number of aromatic nitrogens is 2. The highest BCUT2D eigenvalue weighted by molar-refractivity contribution is 5.93. The third-order valence-corrected chi connectivity index (χ3v) is 4.86. The van der Waals surface area contributed by atoms with E-state index in [0.717, 1.165) is 0 Å². The minimum atomic E-state index is -3.03. The fraction of sp³-hybridized carbons (Fsp3) is 0.190. The Morgan fingerprint density at radius 2 is 2.10 bits per heavy atom. The van der Waals surface area contributed by atoms with E-state index in [9.17, 15) is 23.5 Å². The van der Waals surface area contributed by atoms with Gasteiger partial charge in [-0.25, -0.2) is 9.78 Å². The van der Waals surface area contributed by atoms with E-state index in [1.54, 1.807) is 18.2 Å². The van der Waals surface area contributed by atoms with Gasteiger partial charge in [-0.05, 0) is 42.3 Å². The fourth-order valence-electron chi connectivity index (χ4n) is 3.50. The van der Waals surface area contributed by atoms with Gasteiger partial charge in [-0.15, -0.1) is 0 Å². The van der Waals surface area contributed by atoms with Gasteiger partial charge >= 0.3 is 12.6 Å². The average molecular weight is 414 g/mol. The molecule has 2 aromatic carbocycles. The maximum Gasteiger partial charge on any atom is 0.387 e. The van der Waals surface area contributed by atoms with Crippen LogP contribution in [0, 0.1) is 0 Å². The van der Waals surface area contributed by atoms with Crippen LogP contribution < -0.4 is 15.0 Å². The number of benzene rings is 2. The largest absolute Gasteiger partial charge is 0.493 e. The summed E-state index contributed by atoms with van der Waals surface area (Å²) in [6.45, 7) is -2.66. The molecule has 0 atom stereocenters. The Kier molecular flexibility index (Phi) is 4.94. The zero-order valence-electron chi connectivity index (χ0n) is 15.8. The number of hydrogen-bond donors (Lipinski definition) is 1. The molecule has 0 radical (unpaired) electrons. The van der Waals surface area contributed by atoms with Crippen molar-refractivity contribution >= 4 is 28.5 Å². The van der Waals surface area contributed by atoms with Gasteiger partial charge in [0.1, 0.15) is 5.82 Å². The predicted octanol–water partition coefficient (Wildman–Crippen LogP) is 3.65. The summed E-state index contributed by atoms with van der Waals surface area (Å²) in [5.41, 5.74) is 0.982. The van der Waals surface area contributed by atoms with E-state index in [1.165, 1.54) is 35.9 Å². The predicted molar refractivity (Wildman–Crippen MR) is 105 cm³/mol. The molecule has 0 unspecified atom stereocenters. The van der Waals surface area contributed by atoms with Crippen LogP contribution in [0.15, 0.2) is 41.2 Å². The normalized spacial score (nSPS) is 14.3. The Balaban J connectivity index is 1.87. The first-order chi connectivity index (χ1) is 14.4. The summed E-state index contributed by atoms with van der Waals surface area (Å²) in [7, 11) is 1.35. The van der Waals surface area contributed by atoms with Crippen LogP contribution >= 0.6 is 0 Å². The van der Waals surface area contributed by atoms with Crippen LogP contribution in [0.3, 0.4) is 0 Å². The Morgan fingerprint density at radius 3 is 2.80 bits per heavy atom. The number of carboxylic acids is 1. The highest BCUT2D eigenvalue weighted by atomic mass is 19.3. The third kappa shape index (κ3) is 3.38. The SMILES string of the molecule is COc1cccc(/C=C2\CCn3c2nc2cc(C(=O)O)ccc2c3=O)c1OC(F)F. The summed E-state index contributed by atoms with van der Waals surface area (Å²) in [5.74, 6) is -0.726. The number of hydrogen-bond acceptors (Lipinski definition) is 5. The minimum absolute atomic E-state index is 0.0169. The molecular formula is C21H16F2N2O5. The molecule has 0 amide bonds. The fourth-order valence-corrected chi connectivity index (χ4v) is 3.50. The molecule has 0 aliphatic carbocycles. The van der Waals surface area contributed by atoms with Crippen molar-refractivity contribution in [1.29, 1.82) is 0 Å². The van der Waals surface area contributed by atoms with Gasteiger partial charge in [-0.1, -0.05) is 12.1 Å². The maximum absolute atomic E-state index is 12.9. The van der Waals surface area contributed by atoms with Crippen LogP contribution in [0.2, 0.25) is 0 Å². The van der Waals surface area contributed by atoms with Crippen molar-refractivity contribution in [3.05, 3.63) is 63.7 Å². The first kappa shape index (κ1) is 19.6. The van der Waals surface area contributed by atoms with E-state index in [2.05, 4.69) is 9.72 Å². The van der Waals surface area contributed by atoms with E-state index < -0.39 is 12.6 Å². The zero-order chi connectivity index (χ0) is 21.4. The van der Waals surface area contributed by atoms with Crippen LogP contribution in [0.25, 0.3) is 22.6 Å². The smallest absolute Gasteiger partial charge is 0.387 e. The lowest BCUT2D eigenvalue weighted by atomic mass is 10.1. The van der Waals surface area contributed by atoms with Crippen molar-refractivity contribution < 1.29 is 28.2 Å². The average Bonchev–Trinajstić information content (AvgIpc) is 3.11. The molecule has 0 fully saturated rings. The van der Waals surface area contributed by atoms with Crippen LogP contribution in [-0.2, 0) is 6.54 Å². The number of allylic oxidation sites excluding steroid dienone is 1. The molecule has 0 saturated carbocycles. The number of carboxylic acid groups (broad SMARTS) is 1. The minimum Gasteiger partial charge on any atom is -0.493 e. The van der Waals surface area contributed by atoms with Crippen molar-refractivity contribution in [2.45, 2.75) is 19.6 Å². The number of ether oxygens (including phenoxy) is 2. The van der Waals surface area contributed by atoms with Crippen molar-refractivity contribution in [3.8, 4) is 11.5 Å². The highest BCUT2D eigenvalue weighted by Crippen LogP contribution is 2.36. The molecule has 3 aromatic rings. The standard InChI is InChI=1S/C21H16F2N2O5/c1-29-16-4-2-3-11(17(16)30-21(22)23)9-12-7-8-25-18(12)24-15-10-13(20(27)28)5-6-14(15)19(25)26/h2-6,9-10,21H,7-8H2,1H3,(H,27,28)/b12-9+. The second-order valence-corrected chi connectivity index (χ2v) is 6.61. The molecule has 30 heavy (non-hydrogen) atoms. The van der Waals surface area contributed by atoms with E-state index in [1.807, 2.05) is 0 Å². The third-order valence-electron chi connectivity index (χ3n) is 4.86. The van der Waals surface area contributed by atoms with Crippen LogP contribution in [0.4, 0.5) is 8.78 Å². The summed E-state index contributed by atoms with van der Waals surface area (Å²) >= 11 is 0. The van der Waals surface area contributed by atoms with E-state index in [4.69, 9.17) is 4.74 Å². The number of carbonyl (C=O) groups is 1. The number of methoxy groups -OCH3 is 1. The quantitative estimate of drug-likeness (QED) is 0.686. The number of nitrogens with zero attached hydrogens (tertiary/aromatic N) is 2. The lowest BCUT2D eigenvalue weighted by Gasteiger charge is -2.13. The number of para-hydroxylation sites is 1. The van der Waals surface area contributed by atoms with Crippen LogP contribution in [0.5, 0.6) is 11.5 Å². The van der Waals surface area contributed by atoms with Gasteiger partial charge in [0.2, 0.25) is 0 Å². The Labute approximate surface area is 168 Å². The van der Waals surface area contributed by atoms with E-state index in [0.29, 0.717) is 35.3 Å². The maximum atomic E-state index is 12.9. The van der Waals surface area contributed by atoms with Gasteiger partial charge in [0.15, 0.2) is 11.5 Å². The molecule has 2 heterocycles. The van der Waals surface area contributed by atoms with E-state index in [-0.39, 0.29) is 28.1 Å². The van der Waals surface area contributed by atoms with Gasteiger partial charge in [-0.2, -0.15) is 8.78 Å². The second kappa shape index (κ2) is 7.58. The molecule has 9 heteroatoms.